The number of nitrogens with one attached hydrogen (secondary N) is 1. The van der Waals surface area contributed by atoms with Crippen LogP contribution >= 0.6 is 0 Å². The Labute approximate surface area is 189 Å². The molecule has 0 saturated carbocycles. The smallest absolute Gasteiger partial charge is 0.304 e. The minimum absolute atomic E-state index is 0.354. The van der Waals surface area contributed by atoms with Crippen molar-refractivity contribution in [2.75, 3.05) is 30.3 Å². The second kappa shape index (κ2) is 9.84. The maximum absolute atomic E-state index is 13.0. The molecule has 0 unspecified atom stereocenters. The van der Waals surface area contributed by atoms with Gasteiger partial charge in [-0.15, -0.1) is 0 Å². The van der Waals surface area contributed by atoms with Gasteiger partial charge >= 0.3 is 10.2 Å². The molecule has 0 aliphatic carbocycles. The van der Waals surface area contributed by atoms with E-state index in [-0.39, 0.29) is 6.54 Å². The first-order valence-electron chi connectivity index (χ1n) is 10.1. The van der Waals surface area contributed by atoms with E-state index in [9.17, 15) is 13.2 Å². The van der Waals surface area contributed by atoms with Crippen LogP contribution in [-0.4, -0.2) is 39.3 Å². The summed E-state index contributed by atoms with van der Waals surface area (Å²) in [7, 11) is -0.992. The van der Waals surface area contributed by atoms with E-state index in [0.29, 0.717) is 22.9 Å². The van der Waals surface area contributed by atoms with E-state index in [2.05, 4.69) is 5.32 Å². The average Bonchev–Trinajstić information content (AvgIpc) is 2.76. The third-order valence-electron chi connectivity index (χ3n) is 4.78. The molecular formula is C24H27N3O4S. The van der Waals surface area contributed by atoms with E-state index >= 15 is 0 Å². The fourth-order valence-electron chi connectivity index (χ4n) is 3.04. The fourth-order valence-corrected chi connectivity index (χ4v) is 4.16. The highest BCUT2D eigenvalue weighted by Crippen LogP contribution is 2.26. The zero-order chi connectivity index (χ0) is 23.3. The van der Waals surface area contributed by atoms with Crippen LogP contribution in [0.15, 0.2) is 72.8 Å². The van der Waals surface area contributed by atoms with Crippen LogP contribution in [0.2, 0.25) is 0 Å². The van der Waals surface area contributed by atoms with Crippen LogP contribution in [0, 0.1) is 13.8 Å². The van der Waals surface area contributed by atoms with Gasteiger partial charge in [-0.1, -0.05) is 30.3 Å². The van der Waals surface area contributed by atoms with Gasteiger partial charge in [-0.2, -0.15) is 12.7 Å². The third kappa shape index (κ3) is 5.66. The largest absolute Gasteiger partial charge is 0.457 e. The molecule has 0 atom stereocenters. The molecule has 0 saturated heterocycles. The Morgan fingerprint density at radius 1 is 0.906 bits per heavy atom. The molecule has 0 heterocycles. The van der Waals surface area contributed by atoms with Gasteiger partial charge in [-0.25, -0.2) is 4.31 Å². The highest BCUT2D eigenvalue weighted by molar-refractivity contribution is 7.90. The summed E-state index contributed by atoms with van der Waals surface area (Å²) in [5.74, 6) is 0.886. The van der Waals surface area contributed by atoms with E-state index in [1.165, 1.54) is 14.1 Å². The van der Waals surface area contributed by atoms with Crippen LogP contribution in [0.25, 0.3) is 0 Å². The zero-order valence-corrected chi connectivity index (χ0v) is 19.4. The molecule has 1 amide bonds. The summed E-state index contributed by atoms with van der Waals surface area (Å²) >= 11 is 0. The van der Waals surface area contributed by atoms with Gasteiger partial charge < -0.3 is 10.1 Å². The number of ether oxygens (including phenoxy) is 1. The van der Waals surface area contributed by atoms with Gasteiger partial charge in [0.1, 0.15) is 18.0 Å². The monoisotopic (exact) mass is 453 g/mol. The van der Waals surface area contributed by atoms with Crippen LogP contribution in [0.4, 0.5) is 11.4 Å². The van der Waals surface area contributed by atoms with Crippen LogP contribution in [0.1, 0.15) is 11.1 Å². The number of carbonyl (C=O) groups excluding carboxylic acids is 1. The van der Waals surface area contributed by atoms with Crippen molar-refractivity contribution in [1.29, 1.82) is 0 Å². The van der Waals surface area contributed by atoms with Gasteiger partial charge in [0.2, 0.25) is 5.91 Å². The first kappa shape index (κ1) is 23.3. The van der Waals surface area contributed by atoms with E-state index in [4.69, 9.17) is 4.74 Å². The molecule has 0 aliphatic heterocycles. The highest BCUT2D eigenvalue weighted by Gasteiger charge is 2.28. The lowest BCUT2D eigenvalue weighted by atomic mass is 10.1. The molecular weight excluding hydrogens is 426 g/mol. The summed E-state index contributed by atoms with van der Waals surface area (Å²) in [5, 5.41) is 2.76. The van der Waals surface area contributed by atoms with Crippen molar-refractivity contribution in [3.8, 4) is 11.5 Å². The summed E-state index contributed by atoms with van der Waals surface area (Å²) in [4.78, 5) is 12.8. The molecule has 168 valence electrons. The lowest BCUT2D eigenvalue weighted by Crippen LogP contribution is -2.44. The molecule has 0 fully saturated rings. The van der Waals surface area contributed by atoms with Gasteiger partial charge in [0.25, 0.3) is 0 Å². The fraction of sp³-hybridized carbons (Fsp3) is 0.208. The zero-order valence-electron chi connectivity index (χ0n) is 18.6. The van der Waals surface area contributed by atoms with Crippen molar-refractivity contribution in [3.05, 3.63) is 83.9 Å². The Kier molecular flexibility index (Phi) is 7.17. The first-order valence-corrected chi connectivity index (χ1v) is 11.5. The summed E-state index contributed by atoms with van der Waals surface area (Å²) in [6.45, 7) is 3.34. The van der Waals surface area contributed by atoms with Gasteiger partial charge in [0.15, 0.2) is 0 Å². The molecule has 0 aliphatic rings. The Morgan fingerprint density at radius 3 is 2.16 bits per heavy atom. The molecule has 3 aromatic rings. The minimum atomic E-state index is -3.87. The minimum Gasteiger partial charge on any atom is -0.457 e. The number of carbonyl (C=O) groups is 1. The molecule has 1 N–H and O–H groups in total. The van der Waals surface area contributed by atoms with Crippen LogP contribution in [0.5, 0.6) is 11.5 Å². The van der Waals surface area contributed by atoms with E-state index in [0.717, 1.165) is 19.7 Å². The SMILES string of the molecule is Cc1ccc(C)c(N(CC(=O)Nc2ccc(Oc3ccccc3)cc2)S(=O)(=O)N(C)C)c1. The second-order valence-corrected chi connectivity index (χ2v) is 9.64. The van der Waals surface area contributed by atoms with Crippen molar-refractivity contribution in [3.63, 3.8) is 0 Å². The molecule has 0 bridgehead atoms. The number of hydrogen-bond donors (Lipinski definition) is 1. The van der Waals surface area contributed by atoms with Crippen LogP contribution in [-0.2, 0) is 15.0 Å². The van der Waals surface area contributed by atoms with Crippen molar-refractivity contribution < 1.29 is 17.9 Å². The Balaban J connectivity index is 1.76. The lowest BCUT2D eigenvalue weighted by molar-refractivity contribution is -0.114. The van der Waals surface area contributed by atoms with Crippen molar-refractivity contribution >= 4 is 27.5 Å². The normalized spacial score (nSPS) is 11.3. The standard InChI is InChI=1S/C24H27N3O4S/c1-18-10-11-19(2)23(16-18)27(32(29,30)26(3)4)17-24(28)25-20-12-14-22(15-13-20)31-21-8-6-5-7-9-21/h5-16H,17H2,1-4H3,(H,25,28). The van der Waals surface area contributed by atoms with E-state index in [1.54, 1.807) is 30.3 Å². The van der Waals surface area contributed by atoms with E-state index < -0.39 is 16.1 Å². The van der Waals surface area contributed by atoms with Crippen LogP contribution < -0.4 is 14.4 Å². The predicted octanol–water partition coefficient (Wildman–Crippen LogP) is 4.35. The van der Waals surface area contributed by atoms with Gasteiger partial charge in [-0.05, 0) is 67.4 Å². The number of aryl methyl sites for hydroxylation is 2. The van der Waals surface area contributed by atoms with Crippen molar-refractivity contribution in [2.24, 2.45) is 0 Å². The molecule has 3 aromatic carbocycles. The molecule has 3 rings (SSSR count). The van der Waals surface area contributed by atoms with Gasteiger partial charge in [0.05, 0.1) is 5.69 Å². The molecule has 8 heteroatoms. The van der Waals surface area contributed by atoms with Gasteiger partial charge in [-0.3, -0.25) is 4.79 Å². The summed E-state index contributed by atoms with van der Waals surface area (Å²) < 4.78 is 33.9. The Bertz CT molecular complexity index is 1180. The number of rotatable bonds is 8. The quantitative estimate of drug-likeness (QED) is 0.550. The molecule has 0 aromatic heterocycles. The topological polar surface area (TPSA) is 79.0 Å². The summed E-state index contributed by atoms with van der Waals surface area (Å²) in [6, 6.07) is 21.8. The second-order valence-electron chi connectivity index (χ2n) is 7.57. The molecule has 7 nitrogen and oxygen atoms in total. The maximum atomic E-state index is 13.0. The number of amides is 1. The highest BCUT2D eigenvalue weighted by atomic mass is 32.2. The summed E-state index contributed by atoms with van der Waals surface area (Å²) in [6.07, 6.45) is 0. The predicted molar refractivity (Wildman–Crippen MR) is 127 cm³/mol. The van der Waals surface area contributed by atoms with Crippen molar-refractivity contribution in [2.45, 2.75) is 13.8 Å². The number of benzene rings is 3. The maximum Gasteiger partial charge on any atom is 0.304 e. The van der Waals surface area contributed by atoms with Crippen LogP contribution in [0.3, 0.4) is 0 Å². The molecule has 0 radical (unpaired) electrons. The third-order valence-corrected chi connectivity index (χ3v) is 6.58. The molecule has 32 heavy (non-hydrogen) atoms. The summed E-state index contributed by atoms with van der Waals surface area (Å²) in [5.41, 5.74) is 2.68. The van der Waals surface area contributed by atoms with Gasteiger partial charge in [0, 0.05) is 19.8 Å². The Hall–Kier alpha value is -3.36. The number of para-hydroxylation sites is 1. The number of nitrogens with zero attached hydrogens (tertiary/aromatic N) is 2. The lowest BCUT2D eigenvalue weighted by Gasteiger charge is -2.28. The number of hydrogen-bond acceptors (Lipinski definition) is 4. The first-order chi connectivity index (χ1) is 15.2. The number of anilines is 2. The molecule has 0 spiro atoms. The van der Waals surface area contributed by atoms with E-state index in [1.807, 2.05) is 56.3 Å². The average molecular weight is 454 g/mol. The van der Waals surface area contributed by atoms with Crippen molar-refractivity contribution in [1.82, 2.24) is 4.31 Å². The Morgan fingerprint density at radius 2 is 1.53 bits per heavy atom.